The van der Waals surface area contributed by atoms with Crippen molar-refractivity contribution in [1.29, 1.82) is 0 Å². The molecule has 3 aromatic heterocycles. The van der Waals surface area contributed by atoms with Crippen LogP contribution in [0.5, 0.6) is 0 Å². The number of benzene rings is 2. The molecule has 0 aliphatic carbocycles. The minimum atomic E-state index is -0.0428. The molecule has 5 rings (SSSR count). The maximum atomic E-state index is 12.6. The molecule has 0 spiro atoms. The van der Waals surface area contributed by atoms with Gasteiger partial charge in [0.15, 0.2) is 0 Å². The maximum Gasteiger partial charge on any atom is 0.224 e. The van der Waals surface area contributed by atoms with Gasteiger partial charge in [0.1, 0.15) is 0 Å². The topological polar surface area (TPSA) is 83.8 Å². The van der Waals surface area contributed by atoms with E-state index in [1.54, 1.807) is 18.7 Å². The second-order valence-corrected chi connectivity index (χ2v) is 7.75. The van der Waals surface area contributed by atoms with Crippen LogP contribution in [-0.2, 0) is 11.2 Å². The van der Waals surface area contributed by atoms with Crippen LogP contribution in [0.4, 0.5) is 5.69 Å². The van der Waals surface area contributed by atoms with Gasteiger partial charge in [-0.1, -0.05) is 36.4 Å². The summed E-state index contributed by atoms with van der Waals surface area (Å²) in [4.78, 5) is 17.2. The van der Waals surface area contributed by atoms with Crippen molar-refractivity contribution in [1.82, 2.24) is 15.2 Å². The molecular weight excluding hydrogens is 400 g/mol. The molecule has 1 amide bonds. The van der Waals surface area contributed by atoms with Gasteiger partial charge in [0, 0.05) is 28.6 Å². The predicted octanol–water partition coefficient (Wildman–Crippen LogP) is 5.76. The Labute approximate surface area is 185 Å². The van der Waals surface area contributed by atoms with Crippen molar-refractivity contribution >= 4 is 22.5 Å². The Morgan fingerprint density at radius 1 is 1.06 bits per heavy atom. The zero-order chi connectivity index (χ0) is 21.9. The Morgan fingerprint density at radius 3 is 2.75 bits per heavy atom. The molecular formula is C26H22N4O2. The number of rotatable bonds is 6. The normalized spacial score (nSPS) is 11.0. The summed E-state index contributed by atoms with van der Waals surface area (Å²) in [7, 11) is 0. The predicted molar refractivity (Wildman–Crippen MR) is 125 cm³/mol. The molecule has 5 aromatic rings. The summed E-state index contributed by atoms with van der Waals surface area (Å²) in [5.74, 6) is -0.0428. The second-order valence-electron chi connectivity index (χ2n) is 7.75. The molecule has 32 heavy (non-hydrogen) atoms. The number of anilines is 1. The highest BCUT2D eigenvalue weighted by Gasteiger charge is 2.14. The van der Waals surface area contributed by atoms with Crippen LogP contribution in [0.2, 0.25) is 0 Å². The molecule has 0 atom stereocenters. The fourth-order valence-electron chi connectivity index (χ4n) is 3.81. The number of pyridine rings is 1. The number of hydrogen-bond donors (Lipinski definition) is 2. The Kier molecular flexibility index (Phi) is 5.25. The number of aromatic nitrogens is 3. The second kappa shape index (κ2) is 8.51. The fraction of sp³-hybridized carbons (Fsp3) is 0.115. The first-order valence-electron chi connectivity index (χ1n) is 10.5. The average Bonchev–Trinajstić information content (AvgIpc) is 3.49. The molecule has 158 valence electrons. The highest BCUT2D eigenvalue weighted by molar-refractivity contribution is 5.94. The van der Waals surface area contributed by atoms with E-state index in [0.29, 0.717) is 18.5 Å². The minimum absolute atomic E-state index is 0.0428. The van der Waals surface area contributed by atoms with Crippen molar-refractivity contribution in [2.75, 3.05) is 5.32 Å². The monoisotopic (exact) mass is 422 g/mol. The zero-order valence-electron chi connectivity index (χ0n) is 17.6. The molecule has 0 unspecified atom stereocenters. The number of amides is 1. The van der Waals surface area contributed by atoms with Gasteiger partial charge in [-0.05, 0) is 48.7 Å². The third kappa shape index (κ3) is 4.03. The lowest BCUT2D eigenvalue weighted by molar-refractivity contribution is -0.116. The summed E-state index contributed by atoms with van der Waals surface area (Å²) in [5.41, 5.74) is 7.29. The molecule has 6 nitrogen and oxygen atoms in total. The Hall–Kier alpha value is -4.19. The number of aromatic amines is 1. The summed E-state index contributed by atoms with van der Waals surface area (Å²) < 4.78 is 5.28. The lowest BCUT2D eigenvalue weighted by Crippen LogP contribution is -2.12. The summed E-state index contributed by atoms with van der Waals surface area (Å²) in [6.45, 7) is 2.00. The van der Waals surface area contributed by atoms with E-state index in [-0.39, 0.29) is 5.91 Å². The highest BCUT2D eigenvalue weighted by Crippen LogP contribution is 2.34. The molecule has 0 saturated carbocycles. The number of hydrogen-bond acceptors (Lipinski definition) is 4. The Morgan fingerprint density at radius 2 is 1.94 bits per heavy atom. The molecule has 0 aliphatic rings. The molecule has 0 aliphatic heterocycles. The van der Waals surface area contributed by atoms with E-state index in [0.717, 1.165) is 44.5 Å². The average molecular weight is 422 g/mol. The number of carbonyl (C=O) groups is 1. The van der Waals surface area contributed by atoms with E-state index in [4.69, 9.17) is 4.42 Å². The van der Waals surface area contributed by atoms with Gasteiger partial charge in [0.2, 0.25) is 5.91 Å². The van der Waals surface area contributed by atoms with Crippen LogP contribution in [-0.4, -0.2) is 21.1 Å². The molecule has 2 N–H and O–H groups in total. The lowest BCUT2D eigenvalue weighted by atomic mass is 9.98. The van der Waals surface area contributed by atoms with E-state index in [1.807, 2.05) is 61.5 Å². The molecule has 0 bridgehead atoms. The first-order valence-corrected chi connectivity index (χ1v) is 10.5. The summed E-state index contributed by atoms with van der Waals surface area (Å²) in [6.07, 6.45) is 6.09. The molecule has 0 saturated heterocycles. The molecule has 3 heterocycles. The van der Waals surface area contributed by atoms with Gasteiger partial charge in [0.25, 0.3) is 0 Å². The van der Waals surface area contributed by atoms with E-state index >= 15 is 0 Å². The number of H-pyrrole nitrogens is 1. The van der Waals surface area contributed by atoms with E-state index in [9.17, 15) is 4.79 Å². The zero-order valence-corrected chi connectivity index (χ0v) is 17.6. The van der Waals surface area contributed by atoms with Crippen LogP contribution >= 0.6 is 0 Å². The number of fused-ring (bicyclic) bond motifs is 1. The number of nitrogens with zero attached hydrogens (tertiary/aromatic N) is 2. The van der Waals surface area contributed by atoms with Crippen molar-refractivity contribution in [3.05, 3.63) is 90.6 Å². The summed E-state index contributed by atoms with van der Waals surface area (Å²) >= 11 is 0. The molecule has 0 radical (unpaired) electrons. The molecule has 0 fully saturated rings. The third-order valence-electron chi connectivity index (χ3n) is 5.51. The Balaban J connectivity index is 1.46. The smallest absolute Gasteiger partial charge is 0.224 e. The first kappa shape index (κ1) is 19.8. The largest absolute Gasteiger partial charge is 0.472 e. The van der Waals surface area contributed by atoms with Crippen molar-refractivity contribution in [2.24, 2.45) is 0 Å². The van der Waals surface area contributed by atoms with Crippen LogP contribution in [0.3, 0.4) is 0 Å². The number of carbonyl (C=O) groups excluding carboxylic acids is 1. The quantitative estimate of drug-likeness (QED) is 0.364. The van der Waals surface area contributed by atoms with Gasteiger partial charge < -0.3 is 9.73 Å². The number of aryl methyl sites for hydroxylation is 2. The fourth-order valence-corrected chi connectivity index (χ4v) is 3.81. The van der Waals surface area contributed by atoms with Crippen molar-refractivity contribution in [3.8, 4) is 22.4 Å². The molecule has 6 heteroatoms. The summed E-state index contributed by atoms with van der Waals surface area (Å²) in [6, 6.07) is 19.9. The van der Waals surface area contributed by atoms with Gasteiger partial charge >= 0.3 is 0 Å². The van der Waals surface area contributed by atoms with Gasteiger partial charge in [-0.25, -0.2) is 0 Å². The van der Waals surface area contributed by atoms with Crippen molar-refractivity contribution < 1.29 is 9.21 Å². The molecule has 2 aromatic carbocycles. The van der Waals surface area contributed by atoms with Crippen LogP contribution in [0.15, 0.2) is 83.8 Å². The lowest BCUT2D eigenvalue weighted by Gasteiger charge is -2.12. The van der Waals surface area contributed by atoms with Crippen molar-refractivity contribution in [3.63, 3.8) is 0 Å². The Bertz CT molecular complexity index is 1370. The van der Waals surface area contributed by atoms with Gasteiger partial charge in [-0.3, -0.25) is 14.9 Å². The summed E-state index contributed by atoms with van der Waals surface area (Å²) in [5, 5.41) is 11.4. The minimum Gasteiger partial charge on any atom is -0.472 e. The van der Waals surface area contributed by atoms with Gasteiger partial charge in [-0.15, -0.1) is 0 Å². The SMILES string of the molecule is Cc1[nH]nc2ccc(-c3cc(NC(=O)CCc4ccccc4)cnc3-c3ccoc3)cc12. The highest BCUT2D eigenvalue weighted by atomic mass is 16.3. The van der Waals surface area contributed by atoms with Crippen LogP contribution in [0.25, 0.3) is 33.3 Å². The van der Waals surface area contributed by atoms with Crippen LogP contribution < -0.4 is 5.32 Å². The maximum absolute atomic E-state index is 12.6. The standard InChI is InChI=1S/C26H22N4O2/c1-17-22-13-19(8-9-24(22)30-29-17)23-14-21(15-27-26(23)20-11-12-32-16-20)28-25(31)10-7-18-5-3-2-4-6-18/h2-6,8-9,11-16H,7,10H2,1H3,(H,28,31)(H,29,30). The van der Waals surface area contributed by atoms with Gasteiger partial charge in [-0.2, -0.15) is 5.10 Å². The van der Waals surface area contributed by atoms with E-state index < -0.39 is 0 Å². The number of furan rings is 1. The first-order chi connectivity index (χ1) is 15.7. The van der Waals surface area contributed by atoms with Gasteiger partial charge in [0.05, 0.1) is 35.6 Å². The van der Waals surface area contributed by atoms with E-state index in [2.05, 4.69) is 26.6 Å². The van der Waals surface area contributed by atoms with E-state index in [1.165, 1.54) is 0 Å². The van der Waals surface area contributed by atoms with Crippen LogP contribution in [0, 0.1) is 6.92 Å². The third-order valence-corrected chi connectivity index (χ3v) is 5.51. The number of nitrogens with one attached hydrogen (secondary N) is 2. The van der Waals surface area contributed by atoms with Crippen LogP contribution in [0.1, 0.15) is 17.7 Å². The van der Waals surface area contributed by atoms with Crippen molar-refractivity contribution in [2.45, 2.75) is 19.8 Å².